The van der Waals surface area contributed by atoms with Crippen LogP contribution in [-0.4, -0.2) is 71.6 Å². The van der Waals surface area contributed by atoms with Crippen molar-refractivity contribution in [2.24, 2.45) is 0 Å². The number of esters is 1. The van der Waals surface area contributed by atoms with E-state index in [0.29, 0.717) is 0 Å². The minimum absolute atomic E-state index is 0.00605. The van der Waals surface area contributed by atoms with Gasteiger partial charge >= 0.3 is 18.0 Å². The van der Waals surface area contributed by atoms with E-state index in [1.54, 1.807) is 20.8 Å². The van der Waals surface area contributed by atoms with E-state index >= 15 is 0 Å². The van der Waals surface area contributed by atoms with E-state index < -0.39 is 54.3 Å². The maximum absolute atomic E-state index is 13.5. The Bertz CT molecular complexity index is 1180. The molecular weight excluding hydrogens is 480 g/mol. The Morgan fingerprint density at radius 3 is 2.16 bits per heavy atom. The lowest BCUT2D eigenvalue weighted by Gasteiger charge is -2.34. The van der Waals surface area contributed by atoms with Crippen LogP contribution in [0.3, 0.4) is 0 Å². The van der Waals surface area contributed by atoms with Crippen LogP contribution in [0, 0.1) is 0 Å². The van der Waals surface area contributed by atoms with Gasteiger partial charge in [-0.1, -0.05) is 48.5 Å². The number of amides is 2. The highest BCUT2D eigenvalue weighted by Gasteiger charge is 2.53. The SMILES string of the molecule is COC(=O)C[C@H](NC(=O)OCC1c2ccccc2-c2ccccc21)C(=O)N1C(C(=O)O)[C@H](C)OC1(C)C. The normalized spacial score (nSPS) is 20.5. The highest BCUT2D eigenvalue weighted by atomic mass is 16.6. The van der Waals surface area contributed by atoms with Gasteiger partial charge in [0, 0.05) is 5.92 Å². The first-order valence-corrected chi connectivity index (χ1v) is 12.0. The fourth-order valence-electron chi connectivity index (χ4n) is 5.24. The minimum atomic E-state index is -1.42. The number of carboxylic acid groups (broad SMARTS) is 1. The fraction of sp³-hybridized carbons (Fsp3) is 0.407. The van der Waals surface area contributed by atoms with E-state index in [1.165, 1.54) is 0 Å². The van der Waals surface area contributed by atoms with Crippen LogP contribution in [0.2, 0.25) is 0 Å². The molecule has 1 saturated heterocycles. The maximum Gasteiger partial charge on any atom is 0.407 e. The third-order valence-corrected chi connectivity index (χ3v) is 6.80. The van der Waals surface area contributed by atoms with Crippen LogP contribution in [0.1, 0.15) is 44.2 Å². The molecule has 0 spiro atoms. The predicted octanol–water partition coefficient (Wildman–Crippen LogP) is 2.89. The number of hydrogen-bond acceptors (Lipinski definition) is 7. The lowest BCUT2D eigenvalue weighted by atomic mass is 9.98. The van der Waals surface area contributed by atoms with E-state index in [0.717, 1.165) is 34.3 Å². The molecule has 1 unspecified atom stereocenters. The molecule has 0 bridgehead atoms. The molecule has 37 heavy (non-hydrogen) atoms. The summed E-state index contributed by atoms with van der Waals surface area (Å²) in [6, 6.07) is 13.0. The summed E-state index contributed by atoms with van der Waals surface area (Å²) in [6.45, 7) is 4.65. The van der Waals surface area contributed by atoms with Crippen molar-refractivity contribution in [3.05, 3.63) is 59.7 Å². The van der Waals surface area contributed by atoms with Crippen LogP contribution in [0.4, 0.5) is 4.79 Å². The molecule has 2 aromatic carbocycles. The summed E-state index contributed by atoms with van der Waals surface area (Å²) in [4.78, 5) is 51.4. The number of benzene rings is 2. The molecule has 2 aliphatic rings. The number of hydrogen-bond donors (Lipinski definition) is 2. The second kappa shape index (κ2) is 10.2. The number of carbonyl (C=O) groups is 4. The smallest absolute Gasteiger partial charge is 0.407 e. The van der Waals surface area contributed by atoms with Gasteiger partial charge in [-0.15, -0.1) is 0 Å². The van der Waals surface area contributed by atoms with Crippen LogP contribution >= 0.6 is 0 Å². The molecule has 196 valence electrons. The van der Waals surface area contributed by atoms with Gasteiger partial charge in [0.15, 0.2) is 6.04 Å². The lowest BCUT2D eigenvalue weighted by molar-refractivity contribution is -0.158. The summed E-state index contributed by atoms with van der Waals surface area (Å²) < 4.78 is 15.9. The molecule has 4 rings (SSSR count). The Balaban J connectivity index is 1.51. The van der Waals surface area contributed by atoms with E-state index in [1.807, 2.05) is 48.5 Å². The van der Waals surface area contributed by atoms with Gasteiger partial charge < -0.3 is 24.6 Å². The van der Waals surface area contributed by atoms with Crippen molar-refractivity contribution in [2.75, 3.05) is 13.7 Å². The molecular formula is C27H30N2O8. The van der Waals surface area contributed by atoms with Gasteiger partial charge in [0.25, 0.3) is 0 Å². The number of ether oxygens (including phenoxy) is 3. The summed E-state index contributed by atoms with van der Waals surface area (Å²) in [5.74, 6) is -3.00. The van der Waals surface area contributed by atoms with E-state index in [2.05, 4.69) is 5.32 Å². The number of methoxy groups -OCH3 is 1. The minimum Gasteiger partial charge on any atom is -0.480 e. The monoisotopic (exact) mass is 510 g/mol. The molecule has 10 heteroatoms. The van der Waals surface area contributed by atoms with Gasteiger partial charge in [0.1, 0.15) is 18.4 Å². The van der Waals surface area contributed by atoms with Gasteiger partial charge in [-0.05, 0) is 43.0 Å². The molecule has 2 amide bonds. The Morgan fingerprint density at radius 1 is 1.05 bits per heavy atom. The molecule has 2 aromatic rings. The topological polar surface area (TPSA) is 131 Å². The van der Waals surface area contributed by atoms with Gasteiger partial charge in [0.2, 0.25) is 5.91 Å². The second-order valence-electron chi connectivity index (χ2n) is 9.56. The van der Waals surface area contributed by atoms with Crippen molar-refractivity contribution in [3.63, 3.8) is 0 Å². The Kier molecular flexibility index (Phi) is 7.22. The summed E-state index contributed by atoms with van der Waals surface area (Å²) >= 11 is 0. The number of aliphatic carboxylic acids is 1. The lowest BCUT2D eigenvalue weighted by Crippen LogP contribution is -2.58. The summed E-state index contributed by atoms with van der Waals surface area (Å²) in [7, 11) is 1.15. The van der Waals surface area contributed by atoms with Crippen LogP contribution in [0.15, 0.2) is 48.5 Å². The Labute approximate surface area is 214 Å². The third-order valence-electron chi connectivity index (χ3n) is 6.80. The van der Waals surface area contributed by atoms with E-state index in [4.69, 9.17) is 14.2 Å². The number of alkyl carbamates (subject to hydrolysis) is 1. The molecule has 2 N–H and O–H groups in total. The summed E-state index contributed by atoms with van der Waals surface area (Å²) in [5.41, 5.74) is 2.89. The van der Waals surface area contributed by atoms with Crippen molar-refractivity contribution in [1.29, 1.82) is 0 Å². The van der Waals surface area contributed by atoms with Crippen molar-refractivity contribution in [1.82, 2.24) is 10.2 Å². The molecule has 0 radical (unpaired) electrons. The Hall–Kier alpha value is -3.92. The second-order valence-corrected chi connectivity index (χ2v) is 9.56. The zero-order valence-corrected chi connectivity index (χ0v) is 21.1. The molecule has 10 nitrogen and oxygen atoms in total. The quantitative estimate of drug-likeness (QED) is 0.544. The van der Waals surface area contributed by atoms with Crippen molar-refractivity contribution in [2.45, 2.75) is 57.0 Å². The van der Waals surface area contributed by atoms with Gasteiger partial charge in [-0.25, -0.2) is 9.59 Å². The average molecular weight is 511 g/mol. The van der Waals surface area contributed by atoms with Crippen LogP contribution in [-0.2, 0) is 28.6 Å². The molecule has 0 aromatic heterocycles. The standard InChI is InChI=1S/C27H30N2O8/c1-15-23(25(32)33)29(27(2,3)37-15)24(31)21(13-22(30)35-4)28-26(34)36-14-20-18-11-7-5-9-16(18)17-10-6-8-12-19(17)20/h5-12,15,20-21,23H,13-14H2,1-4H3,(H,28,34)(H,32,33)/t15-,21-,23?/m0/s1. The molecule has 0 saturated carbocycles. The van der Waals surface area contributed by atoms with Gasteiger partial charge in [-0.3, -0.25) is 14.5 Å². The molecule has 1 heterocycles. The zero-order chi connectivity index (χ0) is 26.9. The van der Waals surface area contributed by atoms with Crippen molar-refractivity contribution in [3.8, 4) is 11.1 Å². The fourth-order valence-corrected chi connectivity index (χ4v) is 5.24. The Morgan fingerprint density at radius 2 is 1.62 bits per heavy atom. The third kappa shape index (κ3) is 5.01. The number of carbonyl (C=O) groups excluding carboxylic acids is 3. The van der Waals surface area contributed by atoms with Crippen LogP contribution in [0.5, 0.6) is 0 Å². The molecule has 1 aliphatic carbocycles. The summed E-state index contributed by atoms with van der Waals surface area (Å²) in [5, 5.41) is 12.2. The number of rotatable bonds is 7. The first-order valence-electron chi connectivity index (χ1n) is 12.0. The molecule has 3 atom stereocenters. The number of fused-ring (bicyclic) bond motifs is 3. The molecule has 1 fully saturated rings. The maximum atomic E-state index is 13.5. The van der Waals surface area contributed by atoms with Crippen molar-refractivity contribution < 1.29 is 38.5 Å². The van der Waals surface area contributed by atoms with E-state index in [-0.39, 0.29) is 12.5 Å². The number of nitrogens with one attached hydrogen (secondary N) is 1. The first-order chi connectivity index (χ1) is 17.5. The highest BCUT2D eigenvalue weighted by Crippen LogP contribution is 2.44. The van der Waals surface area contributed by atoms with Crippen LogP contribution in [0.25, 0.3) is 11.1 Å². The van der Waals surface area contributed by atoms with E-state index in [9.17, 15) is 24.3 Å². The number of nitrogens with zero attached hydrogens (tertiary/aromatic N) is 1. The van der Waals surface area contributed by atoms with Crippen LogP contribution < -0.4 is 5.32 Å². The average Bonchev–Trinajstić information content (AvgIpc) is 3.31. The predicted molar refractivity (Wildman–Crippen MR) is 132 cm³/mol. The first kappa shape index (κ1) is 26.2. The van der Waals surface area contributed by atoms with Gasteiger partial charge in [0.05, 0.1) is 19.6 Å². The number of carboxylic acids is 1. The summed E-state index contributed by atoms with van der Waals surface area (Å²) in [6.07, 6.45) is -2.22. The largest absolute Gasteiger partial charge is 0.480 e. The molecule has 1 aliphatic heterocycles. The van der Waals surface area contributed by atoms with Gasteiger partial charge in [-0.2, -0.15) is 0 Å². The van der Waals surface area contributed by atoms with Crippen molar-refractivity contribution >= 4 is 23.9 Å². The zero-order valence-electron chi connectivity index (χ0n) is 21.1. The highest BCUT2D eigenvalue weighted by molar-refractivity contribution is 5.93.